The summed E-state index contributed by atoms with van der Waals surface area (Å²) in [5.74, 6) is 0.431. The fourth-order valence-corrected chi connectivity index (χ4v) is 2.99. The van der Waals surface area contributed by atoms with Gasteiger partial charge in [-0.05, 0) is 26.2 Å². The van der Waals surface area contributed by atoms with Gasteiger partial charge < -0.3 is 15.6 Å². The van der Waals surface area contributed by atoms with E-state index in [1.807, 2.05) is 0 Å². The first kappa shape index (κ1) is 12.8. The number of thioether (sulfide) groups is 1. The number of ether oxygens (including phenoxy) is 1. The molecule has 0 aromatic rings. The van der Waals surface area contributed by atoms with Crippen LogP contribution in [-0.2, 0) is 9.53 Å². The van der Waals surface area contributed by atoms with Gasteiger partial charge in [0.2, 0.25) is 0 Å². The van der Waals surface area contributed by atoms with Crippen LogP contribution in [0.2, 0.25) is 0 Å². The van der Waals surface area contributed by atoms with E-state index in [9.17, 15) is 4.79 Å². The maximum atomic E-state index is 11.6. The van der Waals surface area contributed by atoms with E-state index in [1.165, 1.54) is 0 Å². The lowest BCUT2D eigenvalue weighted by Crippen LogP contribution is -2.47. The first-order chi connectivity index (χ1) is 7.12. The minimum atomic E-state index is -0.789. The molecular weight excluding hydrogens is 214 g/mol. The van der Waals surface area contributed by atoms with Gasteiger partial charge in [0.25, 0.3) is 0 Å². The lowest BCUT2D eigenvalue weighted by atomic mass is 10.00. The van der Waals surface area contributed by atoms with Crippen LogP contribution in [0.3, 0.4) is 0 Å². The highest BCUT2D eigenvalue weighted by molar-refractivity contribution is 7.99. The molecule has 1 aliphatic carbocycles. The van der Waals surface area contributed by atoms with Gasteiger partial charge in [-0.15, -0.1) is 0 Å². The predicted octanol–water partition coefficient (Wildman–Crippen LogP) is 0.525. The summed E-state index contributed by atoms with van der Waals surface area (Å²) in [6, 6.07) is 0. The molecule has 1 saturated carbocycles. The van der Waals surface area contributed by atoms with E-state index < -0.39 is 5.54 Å². The Morgan fingerprint density at radius 2 is 2.47 bits per heavy atom. The van der Waals surface area contributed by atoms with Gasteiger partial charge in [-0.2, -0.15) is 11.8 Å². The Morgan fingerprint density at radius 3 is 3.07 bits per heavy atom. The maximum absolute atomic E-state index is 11.6. The molecule has 1 rings (SSSR count). The first-order valence-corrected chi connectivity index (χ1v) is 6.36. The molecule has 0 aliphatic heterocycles. The van der Waals surface area contributed by atoms with E-state index in [0.29, 0.717) is 30.5 Å². The Kier molecular flexibility index (Phi) is 4.89. The van der Waals surface area contributed by atoms with Gasteiger partial charge in [0.1, 0.15) is 5.54 Å². The zero-order valence-corrected chi connectivity index (χ0v) is 9.89. The molecule has 0 heterocycles. The number of aliphatic hydroxyl groups is 1. The van der Waals surface area contributed by atoms with Crippen molar-refractivity contribution in [3.8, 4) is 0 Å². The van der Waals surface area contributed by atoms with Crippen molar-refractivity contribution < 1.29 is 14.6 Å². The molecule has 0 amide bonds. The molecule has 0 aromatic carbocycles. The van der Waals surface area contributed by atoms with Gasteiger partial charge in [0.15, 0.2) is 0 Å². The molecule has 0 saturated heterocycles. The van der Waals surface area contributed by atoms with Crippen LogP contribution in [0.1, 0.15) is 26.2 Å². The highest BCUT2D eigenvalue weighted by atomic mass is 32.2. The number of carbonyl (C=O) groups is 1. The molecule has 4 nitrogen and oxygen atoms in total. The van der Waals surface area contributed by atoms with Gasteiger partial charge in [0, 0.05) is 11.0 Å². The summed E-state index contributed by atoms with van der Waals surface area (Å²) in [7, 11) is 0. The fourth-order valence-electron chi connectivity index (χ4n) is 1.85. The molecule has 88 valence electrons. The molecule has 0 aromatic heterocycles. The average molecular weight is 233 g/mol. The van der Waals surface area contributed by atoms with E-state index in [-0.39, 0.29) is 12.6 Å². The highest BCUT2D eigenvalue weighted by Gasteiger charge is 2.43. The Balaban J connectivity index is 2.41. The predicted molar refractivity (Wildman–Crippen MR) is 60.7 cm³/mol. The van der Waals surface area contributed by atoms with Crippen LogP contribution >= 0.6 is 11.8 Å². The van der Waals surface area contributed by atoms with Crippen LogP contribution in [0, 0.1) is 0 Å². The van der Waals surface area contributed by atoms with Crippen molar-refractivity contribution in [2.45, 2.75) is 37.0 Å². The third-order valence-corrected chi connectivity index (χ3v) is 3.92. The smallest absolute Gasteiger partial charge is 0.326 e. The van der Waals surface area contributed by atoms with E-state index in [1.54, 1.807) is 18.7 Å². The number of hydrogen-bond acceptors (Lipinski definition) is 5. The quantitative estimate of drug-likeness (QED) is 0.678. The minimum absolute atomic E-state index is 0.179. The van der Waals surface area contributed by atoms with E-state index in [2.05, 4.69) is 0 Å². The fraction of sp³-hybridized carbons (Fsp3) is 0.900. The van der Waals surface area contributed by atoms with Crippen molar-refractivity contribution in [1.29, 1.82) is 0 Å². The number of hydrogen-bond donors (Lipinski definition) is 2. The molecular formula is C10H19NO3S. The summed E-state index contributed by atoms with van der Waals surface area (Å²) in [5, 5.41) is 9.09. The van der Waals surface area contributed by atoms with Crippen LogP contribution < -0.4 is 5.73 Å². The Hall–Kier alpha value is -0.260. The van der Waals surface area contributed by atoms with Crippen molar-refractivity contribution >= 4 is 17.7 Å². The van der Waals surface area contributed by atoms with Crippen molar-refractivity contribution in [2.24, 2.45) is 5.73 Å². The number of esters is 1. The Bertz CT molecular complexity index is 225. The molecule has 0 spiro atoms. The van der Waals surface area contributed by atoms with Crippen LogP contribution in [0.15, 0.2) is 0 Å². The van der Waals surface area contributed by atoms with E-state index in [4.69, 9.17) is 15.6 Å². The highest BCUT2D eigenvalue weighted by Crippen LogP contribution is 2.36. The van der Waals surface area contributed by atoms with Crippen molar-refractivity contribution in [1.82, 2.24) is 0 Å². The molecule has 15 heavy (non-hydrogen) atoms. The number of aliphatic hydroxyl groups excluding tert-OH is 1. The normalized spacial score (nSPS) is 30.5. The van der Waals surface area contributed by atoms with Gasteiger partial charge >= 0.3 is 5.97 Å². The zero-order chi connectivity index (χ0) is 11.3. The molecule has 1 fully saturated rings. The van der Waals surface area contributed by atoms with Crippen LogP contribution in [0.5, 0.6) is 0 Å². The minimum Gasteiger partial charge on any atom is -0.465 e. The van der Waals surface area contributed by atoms with Gasteiger partial charge in [-0.3, -0.25) is 4.79 Å². The molecule has 2 unspecified atom stereocenters. The lowest BCUT2D eigenvalue weighted by Gasteiger charge is -2.21. The summed E-state index contributed by atoms with van der Waals surface area (Å²) >= 11 is 1.68. The van der Waals surface area contributed by atoms with Gasteiger partial charge in [-0.1, -0.05) is 0 Å². The molecule has 5 heteroatoms. The number of nitrogens with two attached hydrogens (primary N) is 1. The zero-order valence-electron chi connectivity index (χ0n) is 9.07. The Morgan fingerprint density at radius 1 is 1.73 bits per heavy atom. The largest absolute Gasteiger partial charge is 0.465 e. The van der Waals surface area contributed by atoms with Crippen molar-refractivity contribution in [3.63, 3.8) is 0 Å². The topological polar surface area (TPSA) is 72.5 Å². The first-order valence-electron chi connectivity index (χ1n) is 5.31. The van der Waals surface area contributed by atoms with E-state index in [0.717, 1.165) is 6.42 Å². The summed E-state index contributed by atoms with van der Waals surface area (Å²) in [6.45, 7) is 2.35. The van der Waals surface area contributed by atoms with Crippen LogP contribution in [-0.4, -0.2) is 40.8 Å². The summed E-state index contributed by atoms with van der Waals surface area (Å²) in [4.78, 5) is 11.6. The standard InChI is InChI=1S/C10H19NO3S/c1-2-14-9(13)10(11)4-3-8(7-10)15-6-5-12/h8,12H,2-7,11H2,1H3. The van der Waals surface area contributed by atoms with Crippen LogP contribution in [0.4, 0.5) is 0 Å². The molecule has 3 N–H and O–H groups in total. The maximum Gasteiger partial charge on any atom is 0.326 e. The summed E-state index contributed by atoms with van der Waals surface area (Å²) in [6.07, 6.45) is 2.28. The summed E-state index contributed by atoms with van der Waals surface area (Å²) < 4.78 is 4.96. The van der Waals surface area contributed by atoms with Gasteiger partial charge in [-0.25, -0.2) is 0 Å². The third kappa shape index (κ3) is 3.36. The average Bonchev–Trinajstić information content (AvgIpc) is 2.59. The van der Waals surface area contributed by atoms with Crippen molar-refractivity contribution in [2.75, 3.05) is 19.0 Å². The van der Waals surface area contributed by atoms with Crippen molar-refractivity contribution in [3.05, 3.63) is 0 Å². The molecule has 1 aliphatic rings. The monoisotopic (exact) mass is 233 g/mol. The second kappa shape index (κ2) is 5.72. The number of rotatable bonds is 5. The number of carbonyl (C=O) groups excluding carboxylic acids is 1. The van der Waals surface area contributed by atoms with E-state index >= 15 is 0 Å². The Labute approximate surface area is 94.6 Å². The van der Waals surface area contributed by atoms with Crippen LogP contribution in [0.25, 0.3) is 0 Å². The van der Waals surface area contributed by atoms with Gasteiger partial charge in [0.05, 0.1) is 13.2 Å². The molecule has 0 bridgehead atoms. The molecule has 2 atom stereocenters. The lowest BCUT2D eigenvalue weighted by molar-refractivity contribution is -0.149. The second-order valence-electron chi connectivity index (χ2n) is 3.84. The molecule has 0 radical (unpaired) electrons. The SMILES string of the molecule is CCOC(=O)C1(N)CCC(SCCO)C1. The third-order valence-electron chi connectivity index (χ3n) is 2.63. The summed E-state index contributed by atoms with van der Waals surface area (Å²) in [5.41, 5.74) is 5.21. The second-order valence-corrected chi connectivity index (χ2v) is 5.24.